The molecule has 0 bridgehead atoms. The zero-order valence-corrected chi connectivity index (χ0v) is 11.6. The van der Waals surface area contributed by atoms with E-state index in [1.54, 1.807) is 41.2 Å². The standard InChI is InChI=1S/C14H11ClN2OS/c15-11-3-5-12(6-4-11)17-13(18)9-19-14(17)10-2-1-7-16-8-10/h1-8,14H,9H2/t14-/m0/s1. The van der Waals surface area contributed by atoms with E-state index in [0.717, 1.165) is 11.3 Å². The van der Waals surface area contributed by atoms with Gasteiger partial charge in [-0.2, -0.15) is 0 Å². The molecule has 5 heteroatoms. The average molecular weight is 291 g/mol. The van der Waals surface area contributed by atoms with Crippen LogP contribution in [-0.4, -0.2) is 16.6 Å². The third-order valence-corrected chi connectivity index (χ3v) is 4.41. The van der Waals surface area contributed by atoms with Crippen molar-refractivity contribution >= 4 is 35.0 Å². The Morgan fingerprint density at radius 2 is 2.05 bits per heavy atom. The van der Waals surface area contributed by atoms with Crippen LogP contribution in [0.25, 0.3) is 0 Å². The van der Waals surface area contributed by atoms with Crippen molar-refractivity contribution in [2.75, 3.05) is 10.7 Å². The molecule has 1 amide bonds. The average Bonchev–Trinajstić information content (AvgIpc) is 2.83. The van der Waals surface area contributed by atoms with E-state index in [9.17, 15) is 4.79 Å². The predicted octanol–water partition coefficient (Wildman–Crippen LogP) is 3.51. The van der Waals surface area contributed by atoms with Crippen LogP contribution in [0.5, 0.6) is 0 Å². The maximum atomic E-state index is 12.1. The summed E-state index contributed by atoms with van der Waals surface area (Å²) in [4.78, 5) is 18.0. The molecule has 1 saturated heterocycles. The second kappa shape index (κ2) is 5.23. The van der Waals surface area contributed by atoms with Gasteiger partial charge in [0.25, 0.3) is 0 Å². The van der Waals surface area contributed by atoms with E-state index in [2.05, 4.69) is 4.98 Å². The summed E-state index contributed by atoms with van der Waals surface area (Å²) in [5, 5.41) is 0.656. The van der Waals surface area contributed by atoms with Crippen molar-refractivity contribution in [1.82, 2.24) is 4.98 Å². The number of hydrogen-bond donors (Lipinski definition) is 0. The molecule has 0 unspecified atom stereocenters. The number of thioether (sulfide) groups is 1. The normalized spacial score (nSPS) is 18.9. The molecule has 1 fully saturated rings. The van der Waals surface area contributed by atoms with E-state index in [1.807, 2.05) is 24.3 Å². The van der Waals surface area contributed by atoms with Gasteiger partial charge in [0.05, 0.1) is 5.75 Å². The Bertz CT molecular complexity index is 588. The fourth-order valence-electron chi connectivity index (χ4n) is 2.07. The van der Waals surface area contributed by atoms with Gasteiger partial charge in [0, 0.05) is 28.7 Å². The first-order valence-electron chi connectivity index (χ1n) is 5.85. The first kappa shape index (κ1) is 12.5. The molecule has 96 valence electrons. The molecular weight excluding hydrogens is 280 g/mol. The first-order valence-corrected chi connectivity index (χ1v) is 7.27. The molecule has 2 aromatic rings. The molecule has 1 aliphatic heterocycles. The highest BCUT2D eigenvalue weighted by atomic mass is 35.5. The first-order chi connectivity index (χ1) is 9.25. The molecule has 1 aromatic heterocycles. The number of halogens is 1. The Labute approximate surface area is 120 Å². The number of hydrogen-bond acceptors (Lipinski definition) is 3. The molecule has 3 nitrogen and oxygen atoms in total. The fourth-order valence-corrected chi connectivity index (χ4v) is 3.36. The van der Waals surface area contributed by atoms with Gasteiger partial charge in [-0.15, -0.1) is 11.8 Å². The molecule has 0 aliphatic carbocycles. The molecule has 3 rings (SSSR count). The van der Waals surface area contributed by atoms with E-state index in [4.69, 9.17) is 11.6 Å². The summed E-state index contributed by atoms with van der Waals surface area (Å²) in [6.07, 6.45) is 3.54. The summed E-state index contributed by atoms with van der Waals surface area (Å²) >= 11 is 7.50. The van der Waals surface area contributed by atoms with Gasteiger partial charge < -0.3 is 0 Å². The largest absolute Gasteiger partial charge is 0.295 e. The Kier molecular flexibility index (Phi) is 3.44. The monoisotopic (exact) mass is 290 g/mol. The molecule has 0 saturated carbocycles. The minimum atomic E-state index is -0.0117. The number of benzene rings is 1. The summed E-state index contributed by atoms with van der Waals surface area (Å²) in [5.74, 6) is 0.600. The maximum Gasteiger partial charge on any atom is 0.238 e. The van der Waals surface area contributed by atoms with Crippen LogP contribution in [0.2, 0.25) is 5.02 Å². The van der Waals surface area contributed by atoms with Crippen LogP contribution in [-0.2, 0) is 4.79 Å². The number of nitrogens with zero attached hydrogens (tertiary/aromatic N) is 2. The second-order valence-electron chi connectivity index (χ2n) is 4.19. The summed E-state index contributed by atoms with van der Waals surface area (Å²) in [7, 11) is 0. The topological polar surface area (TPSA) is 33.2 Å². The van der Waals surface area contributed by atoms with Crippen LogP contribution in [0, 0.1) is 0 Å². The third kappa shape index (κ3) is 2.46. The quantitative estimate of drug-likeness (QED) is 0.848. The van der Waals surface area contributed by atoms with E-state index in [1.165, 1.54) is 0 Å². The van der Waals surface area contributed by atoms with E-state index in [0.29, 0.717) is 10.8 Å². The van der Waals surface area contributed by atoms with Crippen LogP contribution in [0.1, 0.15) is 10.9 Å². The van der Waals surface area contributed by atoms with Crippen LogP contribution in [0.15, 0.2) is 48.8 Å². The van der Waals surface area contributed by atoms with Crippen molar-refractivity contribution in [3.63, 3.8) is 0 Å². The Morgan fingerprint density at radius 3 is 2.74 bits per heavy atom. The van der Waals surface area contributed by atoms with E-state index in [-0.39, 0.29) is 11.3 Å². The van der Waals surface area contributed by atoms with Gasteiger partial charge in [-0.25, -0.2) is 0 Å². The minimum Gasteiger partial charge on any atom is -0.295 e. The molecule has 1 aliphatic rings. The second-order valence-corrected chi connectivity index (χ2v) is 5.69. The zero-order valence-electron chi connectivity index (χ0n) is 9.99. The summed E-state index contributed by atoms with van der Waals surface area (Å²) < 4.78 is 0. The van der Waals surface area contributed by atoms with Crippen LogP contribution >= 0.6 is 23.4 Å². The van der Waals surface area contributed by atoms with Crippen molar-refractivity contribution in [2.45, 2.75) is 5.37 Å². The third-order valence-electron chi connectivity index (χ3n) is 2.94. The van der Waals surface area contributed by atoms with E-state index < -0.39 is 0 Å². The van der Waals surface area contributed by atoms with Crippen molar-refractivity contribution in [1.29, 1.82) is 0 Å². The smallest absolute Gasteiger partial charge is 0.238 e. The highest BCUT2D eigenvalue weighted by Crippen LogP contribution is 2.41. The van der Waals surface area contributed by atoms with Gasteiger partial charge in [0.1, 0.15) is 5.37 Å². The highest BCUT2D eigenvalue weighted by molar-refractivity contribution is 8.00. The number of anilines is 1. The van der Waals surface area contributed by atoms with Gasteiger partial charge in [-0.3, -0.25) is 14.7 Å². The molecule has 1 aromatic carbocycles. The van der Waals surface area contributed by atoms with Gasteiger partial charge in [-0.05, 0) is 30.3 Å². The molecule has 1 atom stereocenters. The van der Waals surface area contributed by atoms with E-state index >= 15 is 0 Å². The SMILES string of the molecule is O=C1CS[C@@H](c2cccnc2)N1c1ccc(Cl)cc1. The Morgan fingerprint density at radius 1 is 1.26 bits per heavy atom. The number of amides is 1. The van der Waals surface area contributed by atoms with Crippen molar-refractivity contribution in [3.8, 4) is 0 Å². The van der Waals surface area contributed by atoms with Crippen LogP contribution < -0.4 is 4.90 Å². The summed E-state index contributed by atoms with van der Waals surface area (Å²) in [5.41, 5.74) is 1.90. The predicted molar refractivity (Wildman–Crippen MR) is 78.4 cm³/mol. The van der Waals surface area contributed by atoms with Gasteiger partial charge in [-0.1, -0.05) is 17.7 Å². The van der Waals surface area contributed by atoms with Crippen LogP contribution in [0.4, 0.5) is 5.69 Å². The lowest BCUT2D eigenvalue weighted by molar-refractivity contribution is -0.115. The Hall–Kier alpha value is -1.52. The minimum absolute atomic E-state index is 0.0117. The Balaban J connectivity index is 1.97. The fraction of sp³-hybridized carbons (Fsp3) is 0.143. The number of rotatable bonds is 2. The molecule has 0 radical (unpaired) electrons. The van der Waals surface area contributed by atoms with Crippen LogP contribution in [0.3, 0.4) is 0 Å². The van der Waals surface area contributed by atoms with Crippen molar-refractivity contribution < 1.29 is 4.79 Å². The lowest BCUT2D eigenvalue weighted by atomic mass is 10.2. The number of aromatic nitrogens is 1. The summed E-state index contributed by atoms with van der Waals surface area (Å²) in [6, 6.07) is 11.2. The lowest BCUT2D eigenvalue weighted by Crippen LogP contribution is -2.27. The number of pyridine rings is 1. The maximum absolute atomic E-state index is 12.1. The molecular formula is C14H11ClN2OS. The van der Waals surface area contributed by atoms with Crippen molar-refractivity contribution in [3.05, 3.63) is 59.4 Å². The van der Waals surface area contributed by atoms with Crippen molar-refractivity contribution in [2.24, 2.45) is 0 Å². The summed E-state index contributed by atoms with van der Waals surface area (Å²) in [6.45, 7) is 0. The molecule has 2 heterocycles. The number of carbonyl (C=O) groups is 1. The molecule has 0 spiro atoms. The zero-order chi connectivity index (χ0) is 13.2. The van der Waals surface area contributed by atoms with Gasteiger partial charge >= 0.3 is 0 Å². The van der Waals surface area contributed by atoms with Gasteiger partial charge in [0.15, 0.2) is 0 Å². The highest BCUT2D eigenvalue weighted by Gasteiger charge is 2.33. The van der Waals surface area contributed by atoms with Gasteiger partial charge in [0.2, 0.25) is 5.91 Å². The molecule has 19 heavy (non-hydrogen) atoms. The number of carbonyl (C=O) groups excluding carboxylic acids is 1. The lowest BCUT2D eigenvalue weighted by Gasteiger charge is -2.24. The molecule has 0 N–H and O–H groups in total.